The van der Waals surface area contributed by atoms with Crippen molar-refractivity contribution in [1.29, 1.82) is 5.26 Å². The second kappa shape index (κ2) is 6.59. The maximum atomic E-state index is 10.1. The lowest BCUT2D eigenvalue weighted by Crippen LogP contribution is -2.13. The SMILES string of the molecule is CCCCC(CC#N)C[N+](=O)[O-]. The van der Waals surface area contributed by atoms with E-state index in [4.69, 9.17) is 5.26 Å². The van der Waals surface area contributed by atoms with Gasteiger partial charge in [0.2, 0.25) is 6.54 Å². The minimum absolute atomic E-state index is 0.0510. The lowest BCUT2D eigenvalue weighted by molar-refractivity contribution is -0.488. The van der Waals surface area contributed by atoms with Gasteiger partial charge in [0, 0.05) is 17.3 Å². The van der Waals surface area contributed by atoms with Gasteiger partial charge >= 0.3 is 0 Å². The third kappa shape index (κ3) is 5.66. The molecule has 12 heavy (non-hydrogen) atoms. The van der Waals surface area contributed by atoms with E-state index < -0.39 is 0 Å². The zero-order chi connectivity index (χ0) is 9.40. The molecule has 4 nitrogen and oxygen atoms in total. The number of nitrogens with zero attached hydrogens (tertiary/aromatic N) is 2. The van der Waals surface area contributed by atoms with Gasteiger partial charge in [-0.2, -0.15) is 5.26 Å². The summed E-state index contributed by atoms with van der Waals surface area (Å²) in [5, 5.41) is 18.5. The van der Waals surface area contributed by atoms with Crippen LogP contribution in [0.4, 0.5) is 0 Å². The molecular weight excluding hydrogens is 156 g/mol. The third-order valence-electron chi connectivity index (χ3n) is 1.75. The van der Waals surface area contributed by atoms with Crippen LogP contribution < -0.4 is 0 Å². The van der Waals surface area contributed by atoms with Crippen molar-refractivity contribution in [3.8, 4) is 6.07 Å². The molecule has 0 aliphatic rings. The summed E-state index contributed by atoms with van der Waals surface area (Å²) in [4.78, 5) is 9.81. The minimum atomic E-state index is -0.336. The Hall–Kier alpha value is -1.11. The highest BCUT2D eigenvalue weighted by Gasteiger charge is 2.13. The van der Waals surface area contributed by atoms with Crippen molar-refractivity contribution in [2.45, 2.75) is 32.6 Å². The Balaban J connectivity index is 3.71. The molecule has 0 amide bonds. The van der Waals surface area contributed by atoms with Gasteiger partial charge in [0.25, 0.3) is 0 Å². The van der Waals surface area contributed by atoms with Crippen molar-refractivity contribution < 1.29 is 4.92 Å². The van der Waals surface area contributed by atoms with E-state index >= 15 is 0 Å². The summed E-state index contributed by atoms with van der Waals surface area (Å²) < 4.78 is 0. The molecule has 4 heteroatoms. The molecule has 0 radical (unpaired) electrons. The number of unbranched alkanes of at least 4 members (excludes halogenated alkanes) is 1. The number of hydrogen-bond donors (Lipinski definition) is 0. The molecule has 0 heterocycles. The highest BCUT2D eigenvalue weighted by atomic mass is 16.6. The highest BCUT2D eigenvalue weighted by Crippen LogP contribution is 2.12. The van der Waals surface area contributed by atoms with Crippen molar-refractivity contribution in [2.24, 2.45) is 5.92 Å². The zero-order valence-electron chi connectivity index (χ0n) is 7.32. The summed E-state index contributed by atoms with van der Waals surface area (Å²) in [6, 6.07) is 1.98. The Morgan fingerprint density at radius 1 is 1.67 bits per heavy atom. The maximum Gasteiger partial charge on any atom is 0.207 e. The minimum Gasteiger partial charge on any atom is -0.265 e. The first-order valence-corrected chi connectivity index (χ1v) is 4.19. The summed E-state index contributed by atoms with van der Waals surface area (Å²) in [6.45, 7) is 1.98. The molecule has 0 saturated heterocycles. The van der Waals surface area contributed by atoms with Gasteiger partial charge in [0.15, 0.2) is 0 Å². The fraction of sp³-hybridized carbons (Fsp3) is 0.875. The van der Waals surface area contributed by atoms with Crippen LogP contribution in [0.2, 0.25) is 0 Å². The van der Waals surface area contributed by atoms with Crippen LogP contribution in [-0.2, 0) is 0 Å². The molecule has 1 atom stereocenters. The van der Waals surface area contributed by atoms with Crippen LogP contribution in [-0.4, -0.2) is 11.5 Å². The molecule has 0 aliphatic carbocycles. The average Bonchev–Trinajstić information content (AvgIpc) is 2.00. The van der Waals surface area contributed by atoms with E-state index in [1.54, 1.807) is 0 Å². The monoisotopic (exact) mass is 170 g/mol. The van der Waals surface area contributed by atoms with Crippen LogP contribution >= 0.6 is 0 Å². The summed E-state index contributed by atoms with van der Waals surface area (Å²) >= 11 is 0. The Labute approximate surface area is 72.3 Å². The van der Waals surface area contributed by atoms with Crippen LogP contribution in [0.1, 0.15) is 32.6 Å². The third-order valence-corrected chi connectivity index (χ3v) is 1.75. The number of hydrogen-bond acceptors (Lipinski definition) is 3. The van der Waals surface area contributed by atoms with E-state index in [2.05, 4.69) is 0 Å². The van der Waals surface area contributed by atoms with E-state index in [0.717, 1.165) is 19.3 Å². The van der Waals surface area contributed by atoms with Crippen molar-refractivity contribution >= 4 is 0 Å². The molecule has 0 rings (SSSR count). The molecule has 0 spiro atoms. The smallest absolute Gasteiger partial charge is 0.207 e. The molecule has 0 aromatic rings. The predicted octanol–water partition coefficient (Wildman–Crippen LogP) is 1.98. The van der Waals surface area contributed by atoms with Gasteiger partial charge in [-0.25, -0.2) is 0 Å². The Morgan fingerprint density at radius 3 is 2.75 bits per heavy atom. The zero-order valence-corrected chi connectivity index (χ0v) is 7.32. The van der Waals surface area contributed by atoms with Gasteiger partial charge in [-0.3, -0.25) is 10.1 Å². The molecule has 0 aromatic carbocycles. The van der Waals surface area contributed by atoms with Crippen LogP contribution in [0.15, 0.2) is 0 Å². The van der Waals surface area contributed by atoms with Gasteiger partial charge < -0.3 is 0 Å². The maximum absolute atomic E-state index is 10.1. The lowest BCUT2D eigenvalue weighted by atomic mass is 9.99. The fourth-order valence-corrected chi connectivity index (χ4v) is 1.09. The topological polar surface area (TPSA) is 66.9 Å². The molecule has 0 aromatic heterocycles. The van der Waals surface area contributed by atoms with Crippen molar-refractivity contribution in [3.63, 3.8) is 0 Å². The van der Waals surface area contributed by atoms with Gasteiger partial charge in [0.1, 0.15) is 0 Å². The first-order chi connectivity index (χ1) is 5.70. The van der Waals surface area contributed by atoms with Crippen molar-refractivity contribution in [1.82, 2.24) is 0 Å². The summed E-state index contributed by atoms with van der Waals surface area (Å²) in [5.74, 6) is -0.0510. The van der Waals surface area contributed by atoms with Crippen molar-refractivity contribution in [3.05, 3.63) is 10.1 Å². The van der Waals surface area contributed by atoms with Gasteiger partial charge in [-0.15, -0.1) is 0 Å². The van der Waals surface area contributed by atoms with E-state index in [1.807, 2.05) is 13.0 Å². The second-order valence-corrected chi connectivity index (χ2v) is 2.89. The summed E-state index contributed by atoms with van der Waals surface area (Å²) in [7, 11) is 0. The highest BCUT2D eigenvalue weighted by molar-refractivity contribution is 4.75. The number of nitriles is 1. The average molecular weight is 170 g/mol. The lowest BCUT2D eigenvalue weighted by Gasteiger charge is -2.06. The van der Waals surface area contributed by atoms with E-state index in [1.165, 1.54) is 0 Å². The molecule has 0 bridgehead atoms. The number of nitro groups is 1. The van der Waals surface area contributed by atoms with Gasteiger partial charge in [-0.05, 0) is 6.42 Å². The van der Waals surface area contributed by atoms with Crippen LogP contribution in [0.3, 0.4) is 0 Å². The molecule has 68 valence electrons. The molecule has 0 fully saturated rings. The molecule has 0 saturated carbocycles. The largest absolute Gasteiger partial charge is 0.265 e. The van der Waals surface area contributed by atoms with Crippen LogP contribution in [0.5, 0.6) is 0 Å². The Bertz CT molecular complexity index is 174. The van der Waals surface area contributed by atoms with E-state index in [9.17, 15) is 10.1 Å². The van der Waals surface area contributed by atoms with Gasteiger partial charge in [0.05, 0.1) is 6.07 Å². The molecular formula is C8H14N2O2. The molecule has 0 aliphatic heterocycles. The van der Waals surface area contributed by atoms with Crippen LogP contribution in [0, 0.1) is 27.4 Å². The summed E-state index contributed by atoms with van der Waals surface area (Å²) in [6.07, 6.45) is 3.10. The quantitative estimate of drug-likeness (QED) is 0.452. The Kier molecular flexibility index (Phi) is 5.98. The molecule has 0 N–H and O–H groups in total. The van der Waals surface area contributed by atoms with Crippen molar-refractivity contribution in [2.75, 3.05) is 6.54 Å². The normalized spacial score (nSPS) is 12.0. The Morgan fingerprint density at radius 2 is 2.33 bits per heavy atom. The predicted molar refractivity (Wildman–Crippen MR) is 45.1 cm³/mol. The first-order valence-electron chi connectivity index (χ1n) is 4.19. The van der Waals surface area contributed by atoms with E-state index in [-0.39, 0.29) is 17.4 Å². The standard InChI is InChI=1S/C8H14N2O2/c1-2-3-4-8(5-6-9)7-10(11)12/h8H,2-5,7H2,1H3. The number of rotatable bonds is 6. The summed E-state index contributed by atoms with van der Waals surface area (Å²) in [5.41, 5.74) is 0. The molecule has 1 unspecified atom stereocenters. The van der Waals surface area contributed by atoms with E-state index in [0.29, 0.717) is 6.42 Å². The van der Waals surface area contributed by atoms with Crippen LogP contribution in [0.25, 0.3) is 0 Å². The first kappa shape index (κ1) is 10.9. The van der Waals surface area contributed by atoms with Gasteiger partial charge in [-0.1, -0.05) is 19.8 Å². The fourth-order valence-electron chi connectivity index (χ4n) is 1.09. The second-order valence-electron chi connectivity index (χ2n) is 2.89.